The summed E-state index contributed by atoms with van der Waals surface area (Å²) in [6.07, 6.45) is 2.35. The number of hydrogen-bond acceptors (Lipinski definition) is 6. The van der Waals surface area contributed by atoms with Crippen molar-refractivity contribution in [3.63, 3.8) is 0 Å². The standard InChI is InChI=1S/C24H24O6/c1-2-23(26)28-13-7-6-10-19(25)16-29-20-12-11-18-14-21(17-8-4-3-5-9-17)24(27)30-22(18)15-20/h2-5,8-9,11-12,14-15,19,25H,1,6-7,10,13,16H2. The van der Waals surface area contributed by atoms with Crippen molar-refractivity contribution in [1.29, 1.82) is 0 Å². The second-order valence-corrected chi connectivity index (χ2v) is 6.85. The van der Waals surface area contributed by atoms with Crippen molar-refractivity contribution in [1.82, 2.24) is 0 Å². The molecule has 1 unspecified atom stereocenters. The Morgan fingerprint density at radius 1 is 1.13 bits per heavy atom. The first-order chi connectivity index (χ1) is 14.6. The summed E-state index contributed by atoms with van der Waals surface area (Å²) < 4.78 is 16.0. The zero-order valence-corrected chi connectivity index (χ0v) is 16.6. The van der Waals surface area contributed by atoms with Crippen LogP contribution < -0.4 is 10.4 Å². The predicted molar refractivity (Wildman–Crippen MR) is 114 cm³/mol. The minimum Gasteiger partial charge on any atom is -0.491 e. The molecule has 0 fully saturated rings. The highest BCUT2D eigenvalue weighted by Gasteiger charge is 2.10. The van der Waals surface area contributed by atoms with Gasteiger partial charge in [-0.15, -0.1) is 0 Å². The highest BCUT2D eigenvalue weighted by atomic mass is 16.5. The summed E-state index contributed by atoms with van der Waals surface area (Å²) in [6.45, 7) is 3.74. The number of rotatable bonds is 10. The zero-order chi connectivity index (χ0) is 21.3. The van der Waals surface area contributed by atoms with Gasteiger partial charge in [0.15, 0.2) is 0 Å². The van der Waals surface area contributed by atoms with E-state index in [1.807, 2.05) is 36.4 Å². The second kappa shape index (κ2) is 10.4. The summed E-state index contributed by atoms with van der Waals surface area (Å²) >= 11 is 0. The molecule has 0 saturated carbocycles. The van der Waals surface area contributed by atoms with Gasteiger partial charge in [0, 0.05) is 17.5 Å². The van der Waals surface area contributed by atoms with Crippen LogP contribution in [0.2, 0.25) is 0 Å². The third-order valence-corrected chi connectivity index (χ3v) is 4.58. The van der Waals surface area contributed by atoms with E-state index < -0.39 is 17.7 Å². The van der Waals surface area contributed by atoms with Gasteiger partial charge in [-0.3, -0.25) is 0 Å². The quantitative estimate of drug-likeness (QED) is 0.235. The minimum absolute atomic E-state index is 0.115. The Morgan fingerprint density at radius 2 is 1.93 bits per heavy atom. The van der Waals surface area contributed by atoms with Crippen molar-refractivity contribution in [2.45, 2.75) is 25.4 Å². The lowest BCUT2D eigenvalue weighted by molar-refractivity contribution is -0.137. The van der Waals surface area contributed by atoms with E-state index in [9.17, 15) is 14.7 Å². The molecule has 0 spiro atoms. The Hall–Kier alpha value is -3.38. The highest BCUT2D eigenvalue weighted by Crippen LogP contribution is 2.24. The van der Waals surface area contributed by atoms with Crippen LogP contribution in [0.1, 0.15) is 19.3 Å². The first-order valence-electron chi connectivity index (χ1n) is 9.80. The van der Waals surface area contributed by atoms with Crippen molar-refractivity contribution in [3.8, 4) is 16.9 Å². The lowest BCUT2D eigenvalue weighted by Gasteiger charge is -2.12. The number of aliphatic hydroxyl groups is 1. The predicted octanol–water partition coefficient (Wildman–Crippen LogP) is 4.10. The van der Waals surface area contributed by atoms with Crippen LogP contribution in [0.25, 0.3) is 22.1 Å². The summed E-state index contributed by atoms with van der Waals surface area (Å²) in [5.41, 5.74) is 1.32. The summed E-state index contributed by atoms with van der Waals surface area (Å²) in [5, 5.41) is 10.9. The van der Waals surface area contributed by atoms with Crippen LogP contribution in [-0.4, -0.2) is 30.4 Å². The molecule has 0 aliphatic rings. The molecular formula is C24H24O6. The Morgan fingerprint density at radius 3 is 2.70 bits per heavy atom. The van der Waals surface area contributed by atoms with Gasteiger partial charge in [0.1, 0.15) is 17.9 Å². The average molecular weight is 408 g/mol. The third-order valence-electron chi connectivity index (χ3n) is 4.58. The summed E-state index contributed by atoms with van der Waals surface area (Å²) in [5.74, 6) is 0.0646. The molecule has 2 aromatic carbocycles. The highest BCUT2D eigenvalue weighted by molar-refractivity contribution is 5.82. The van der Waals surface area contributed by atoms with E-state index in [4.69, 9.17) is 13.9 Å². The van der Waals surface area contributed by atoms with E-state index in [0.717, 1.165) is 17.0 Å². The lowest BCUT2D eigenvalue weighted by atomic mass is 10.1. The fraction of sp³-hybridized carbons (Fsp3) is 0.250. The van der Waals surface area contributed by atoms with Crippen molar-refractivity contribution in [2.75, 3.05) is 13.2 Å². The van der Waals surface area contributed by atoms with Gasteiger partial charge in [0.05, 0.1) is 18.3 Å². The maximum absolute atomic E-state index is 12.4. The molecule has 1 aromatic heterocycles. The van der Waals surface area contributed by atoms with Crippen LogP contribution in [0.5, 0.6) is 5.75 Å². The summed E-state index contributed by atoms with van der Waals surface area (Å²) in [4.78, 5) is 23.3. The summed E-state index contributed by atoms with van der Waals surface area (Å²) in [6, 6.07) is 16.4. The number of carbonyl (C=O) groups is 1. The number of benzene rings is 2. The molecule has 0 bridgehead atoms. The molecule has 6 heteroatoms. The van der Waals surface area contributed by atoms with Gasteiger partial charge in [-0.25, -0.2) is 9.59 Å². The van der Waals surface area contributed by atoms with Crippen molar-refractivity contribution >= 4 is 16.9 Å². The Labute approximate surface area is 174 Å². The normalized spacial score (nSPS) is 11.8. The van der Waals surface area contributed by atoms with Crippen molar-refractivity contribution < 1.29 is 23.8 Å². The molecule has 1 heterocycles. The van der Waals surface area contributed by atoms with E-state index in [2.05, 4.69) is 6.58 Å². The molecule has 1 N–H and O–H groups in total. The minimum atomic E-state index is -0.650. The number of ether oxygens (including phenoxy) is 2. The van der Waals surface area contributed by atoms with E-state index in [1.165, 1.54) is 0 Å². The molecule has 0 aliphatic heterocycles. The Bertz CT molecular complexity index is 1050. The smallest absolute Gasteiger partial charge is 0.344 e. The molecule has 0 aliphatic carbocycles. The molecule has 0 saturated heterocycles. The van der Waals surface area contributed by atoms with Gasteiger partial charge < -0.3 is 19.0 Å². The van der Waals surface area contributed by atoms with E-state index in [0.29, 0.717) is 42.8 Å². The van der Waals surface area contributed by atoms with Crippen LogP contribution in [0, 0.1) is 0 Å². The fourth-order valence-electron chi connectivity index (χ4n) is 2.99. The number of esters is 1. The van der Waals surface area contributed by atoms with E-state index >= 15 is 0 Å². The zero-order valence-electron chi connectivity index (χ0n) is 16.6. The Kier molecular flexibility index (Phi) is 7.40. The summed E-state index contributed by atoms with van der Waals surface area (Å²) in [7, 11) is 0. The molecule has 30 heavy (non-hydrogen) atoms. The monoisotopic (exact) mass is 408 g/mol. The van der Waals surface area contributed by atoms with Crippen molar-refractivity contribution in [3.05, 3.63) is 77.7 Å². The van der Waals surface area contributed by atoms with Gasteiger partial charge in [0.2, 0.25) is 0 Å². The fourth-order valence-corrected chi connectivity index (χ4v) is 2.99. The van der Waals surface area contributed by atoms with Gasteiger partial charge in [-0.2, -0.15) is 0 Å². The molecule has 1 atom stereocenters. The van der Waals surface area contributed by atoms with Crippen LogP contribution in [-0.2, 0) is 9.53 Å². The second-order valence-electron chi connectivity index (χ2n) is 6.85. The van der Waals surface area contributed by atoms with E-state index in [-0.39, 0.29) is 6.61 Å². The van der Waals surface area contributed by atoms with Gasteiger partial charge >= 0.3 is 11.6 Å². The number of unbranched alkanes of at least 4 members (excludes halogenated alkanes) is 1. The van der Waals surface area contributed by atoms with Gasteiger partial charge in [-0.1, -0.05) is 36.9 Å². The largest absolute Gasteiger partial charge is 0.491 e. The maximum Gasteiger partial charge on any atom is 0.344 e. The number of carbonyl (C=O) groups excluding carboxylic acids is 1. The van der Waals surface area contributed by atoms with E-state index in [1.54, 1.807) is 18.2 Å². The average Bonchev–Trinajstić information content (AvgIpc) is 2.77. The third kappa shape index (κ3) is 5.81. The van der Waals surface area contributed by atoms with Crippen LogP contribution in [0.4, 0.5) is 0 Å². The van der Waals surface area contributed by atoms with Crippen LogP contribution in [0.3, 0.4) is 0 Å². The maximum atomic E-state index is 12.4. The number of aliphatic hydroxyl groups excluding tert-OH is 1. The first-order valence-corrected chi connectivity index (χ1v) is 9.80. The molecule has 6 nitrogen and oxygen atoms in total. The number of hydrogen-bond donors (Lipinski definition) is 1. The first kappa shape index (κ1) is 21.3. The molecule has 0 radical (unpaired) electrons. The SMILES string of the molecule is C=CC(=O)OCCCCC(O)COc1ccc2cc(-c3ccccc3)c(=O)oc2c1. The molecular weight excluding hydrogens is 384 g/mol. The molecule has 3 aromatic rings. The Balaban J connectivity index is 1.55. The van der Waals surface area contributed by atoms with Crippen molar-refractivity contribution in [2.24, 2.45) is 0 Å². The van der Waals surface area contributed by atoms with Crippen LogP contribution >= 0.6 is 0 Å². The molecule has 0 amide bonds. The van der Waals surface area contributed by atoms with Gasteiger partial charge in [0.25, 0.3) is 0 Å². The number of fused-ring (bicyclic) bond motifs is 1. The molecule has 3 rings (SSSR count). The van der Waals surface area contributed by atoms with Gasteiger partial charge in [-0.05, 0) is 43.0 Å². The lowest BCUT2D eigenvalue weighted by Crippen LogP contribution is -2.17. The van der Waals surface area contributed by atoms with Crippen LogP contribution in [0.15, 0.2) is 76.5 Å². The topological polar surface area (TPSA) is 86.0 Å². The molecule has 156 valence electrons.